The lowest BCUT2D eigenvalue weighted by Gasteiger charge is -2.21. The van der Waals surface area contributed by atoms with Crippen LogP contribution in [-0.4, -0.2) is 30.0 Å². The number of thioether (sulfide) groups is 1. The molecule has 0 radical (unpaired) electrons. The van der Waals surface area contributed by atoms with Crippen molar-refractivity contribution in [2.24, 2.45) is 11.7 Å². The zero-order valence-corrected chi connectivity index (χ0v) is 11.1. The molecule has 0 heterocycles. The smallest absolute Gasteiger partial charge is 0.237 e. The van der Waals surface area contributed by atoms with Crippen LogP contribution < -0.4 is 11.1 Å². The highest BCUT2D eigenvalue weighted by atomic mass is 32.2. The van der Waals surface area contributed by atoms with Gasteiger partial charge in [0.1, 0.15) is 0 Å². The molecule has 0 aromatic heterocycles. The van der Waals surface area contributed by atoms with Gasteiger partial charge in [-0.3, -0.25) is 4.79 Å². The zero-order chi connectivity index (χ0) is 11.8. The zero-order valence-electron chi connectivity index (χ0n) is 10.2. The summed E-state index contributed by atoms with van der Waals surface area (Å²) in [5.74, 6) is 1.42. The van der Waals surface area contributed by atoms with Gasteiger partial charge in [0.15, 0.2) is 0 Å². The van der Waals surface area contributed by atoms with Gasteiger partial charge in [-0.25, -0.2) is 0 Å². The Labute approximate surface area is 97.6 Å². The second-order valence-corrected chi connectivity index (χ2v) is 5.06. The highest BCUT2D eigenvalue weighted by Crippen LogP contribution is 2.07. The Bertz CT molecular complexity index is 187. The van der Waals surface area contributed by atoms with Gasteiger partial charge in [-0.05, 0) is 31.3 Å². The Hall–Kier alpha value is -0.220. The fourth-order valence-corrected chi connectivity index (χ4v) is 1.69. The summed E-state index contributed by atoms with van der Waals surface area (Å²) < 4.78 is 0. The average molecular weight is 232 g/mol. The number of carbonyl (C=O) groups excluding carboxylic acids is 1. The van der Waals surface area contributed by atoms with Gasteiger partial charge in [0.05, 0.1) is 6.04 Å². The maximum Gasteiger partial charge on any atom is 0.237 e. The van der Waals surface area contributed by atoms with Crippen LogP contribution in [-0.2, 0) is 4.79 Å². The van der Waals surface area contributed by atoms with E-state index in [2.05, 4.69) is 19.2 Å². The largest absolute Gasteiger partial charge is 0.352 e. The molecular formula is C11H24N2OS. The standard InChI is InChI=1S/C11H24N2OS/c1-5-8(2)9(3)13-11(14)10(12)6-7-15-4/h8-10H,5-7,12H2,1-4H3,(H,13,14)/t8?,9?,10-/m1/s1. The average Bonchev–Trinajstić information content (AvgIpc) is 2.24. The molecule has 0 aliphatic heterocycles. The molecule has 4 heteroatoms. The number of carbonyl (C=O) groups is 1. The van der Waals surface area contributed by atoms with Crippen molar-refractivity contribution in [2.75, 3.05) is 12.0 Å². The van der Waals surface area contributed by atoms with Gasteiger partial charge in [0, 0.05) is 6.04 Å². The van der Waals surface area contributed by atoms with E-state index in [0.717, 1.165) is 18.6 Å². The summed E-state index contributed by atoms with van der Waals surface area (Å²) in [7, 11) is 0. The predicted octanol–water partition coefficient (Wildman–Crippen LogP) is 1.62. The van der Waals surface area contributed by atoms with Gasteiger partial charge in [0.2, 0.25) is 5.91 Å². The molecule has 0 aromatic carbocycles. The molecule has 0 aliphatic rings. The Morgan fingerprint density at radius 1 is 1.47 bits per heavy atom. The fourth-order valence-electron chi connectivity index (χ4n) is 1.20. The van der Waals surface area contributed by atoms with Crippen molar-refractivity contribution in [3.05, 3.63) is 0 Å². The Balaban J connectivity index is 3.90. The number of rotatable bonds is 7. The Morgan fingerprint density at radius 2 is 2.07 bits per heavy atom. The van der Waals surface area contributed by atoms with E-state index in [4.69, 9.17) is 5.73 Å². The van der Waals surface area contributed by atoms with E-state index in [1.54, 1.807) is 11.8 Å². The van der Waals surface area contributed by atoms with Gasteiger partial charge in [-0.1, -0.05) is 20.3 Å². The van der Waals surface area contributed by atoms with Crippen LogP contribution in [0.1, 0.15) is 33.6 Å². The molecule has 0 saturated heterocycles. The van der Waals surface area contributed by atoms with Gasteiger partial charge in [0.25, 0.3) is 0 Å². The first-order valence-electron chi connectivity index (χ1n) is 5.57. The maximum atomic E-state index is 11.6. The normalized spacial score (nSPS) is 16.9. The third kappa shape index (κ3) is 6.05. The summed E-state index contributed by atoms with van der Waals surface area (Å²) in [5, 5.41) is 2.97. The summed E-state index contributed by atoms with van der Waals surface area (Å²) in [6.45, 7) is 6.30. The fraction of sp³-hybridized carbons (Fsp3) is 0.909. The Morgan fingerprint density at radius 3 is 2.53 bits per heavy atom. The molecule has 0 aromatic rings. The number of hydrogen-bond acceptors (Lipinski definition) is 3. The molecule has 2 unspecified atom stereocenters. The summed E-state index contributed by atoms with van der Waals surface area (Å²) in [5.41, 5.74) is 5.77. The van der Waals surface area contributed by atoms with E-state index in [1.807, 2.05) is 13.2 Å². The van der Waals surface area contributed by atoms with E-state index in [0.29, 0.717) is 5.92 Å². The van der Waals surface area contributed by atoms with Gasteiger partial charge < -0.3 is 11.1 Å². The molecule has 3 atom stereocenters. The molecule has 0 spiro atoms. The van der Waals surface area contributed by atoms with Crippen molar-refractivity contribution >= 4 is 17.7 Å². The Kier molecular flexibility index (Phi) is 7.88. The molecule has 1 amide bonds. The molecule has 3 nitrogen and oxygen atoms in total. The molecule has 0 fully saturated rings. The van der Waals surface area contributed by atoms with Crippen molar-refractivity contribution in [2.45, 2.75) is 45.7 Å². The summed E-state index contributed by atoms with van der Waals surface area (Å²) in [4.78, 5) is 11.6. The minimum atomic E-state index is -0.357. The van der Waals surface area contributed by atoms with Gasteiger partial charge in [-0.2, -0.15) is 11.8 Å². The van der Waals surface area contributed by atoms with Gasteiger partial charge >= 0.3 is 0 Å². The molecule has 0 rings (SSSR count). The van der Waals surface area contributed by atoms with Crippen LogP contribution in [0.4, 0.5) is 0 Å². The predicted molar refractivity (Wildman–Crippen MR) is 68.0 cm³/mol. The summed E-state index contributed by atoms with van der Waals surface area (Å²) in [6.07, 6.45) is 3.84. The second-order valence-electron chi connectivity index (χ2n) is 4.07. The first-order chi connectivity index (χ1) is 7.02. The molecular weight excluding hydrogens is 208 g/mol. The lowest BCUT2D eigenvalue weighted by atomic mass is 10.0. The van der Waals surface area contributed by atoms with E-state index in [9.17, 15) is 4.79 Å². The molecule has 15 heavy (non-hydrogen) atoms. The lowest BCUT2D eigenvalue weighted by Crippen LogP contribution is -2.46. The van der Waals surface area contributed by atoms with Crippen molar-refractivity contribution in [3.63, 3.8) is 0 Å². The van der Waals surface area contributed by atoms with Crippen LogP contribution in [0.5, 0.6) is 0 Å². The third-order valence-electron chi connectivity index (χ3n) is 2.84. The minimum Gasteiger partial charge on any atom is -0.352 e. The van der Waals surface area contributed by atoms with E-state index in [-0.39, 0.29) is 18.0 Å². The van der Waals surface area contributed by atoms with Crippen LogP contribution in [0.25, 0.3) is 0 Å². The van der Waals surface area contributed by atoms with Crippen molar-refractivity contribution < 1.29 is 4.79 Å². The SMILES string of the molecule is CCC(C)C(C)NC(=O)[C@H](N)CCSC. The monoisotopic (exact) mass is 232 g/mol. The highest BCUT2D eigenvalue weighted by molar-refractivity contribution is 7.98. The molecule has 3 N–H and O–H groups in total. The van der Waals surface area contributed by atoms with E-state index >= 15 is 0 Å². The lowest BCUT2D eigenvalue weighted by molar-refractivity contribution is -0.123. The topological polar surface area (TPSA) is 55.1 Å². The quantitative estimate of drug-likeness (QED) is 0.701. The van der Waals surface area contributed by atoms with Crippen LogP contribution >= 0.6 is 11.8 Å². The van der Waals surface area contributed by atoms with Crippen LogP contribution in [0.2, 0.25) is 0 Å². The number of amides is 1. The highest BCUT2D eigenvalue weighted by Gasteiger charge is 2.17. The van der Waals surface area contributed by atoms with Crippen molar-refractivity contribution in [1.29, 1.82) is 0 Å². The van der Waals surface area contributed by atoms with Crippen LogP contribution in [0.3, 0.4) is 0 Å². The molecule has 0 aliphatic carbocycles. The van der Waals surface area contributed by atoms with Crippen molar-refractivity contribution in [1.82, 2.24) is 5.32 Å². The molecule has 90 valence electrons. The molecule has 0 bridgehead atoms. The maximum absolute atomic E-state index is 11.6. The van der Waals surface area contributed by atoms with Gasteiger partial charge in [-0.15, -0.1) is 0 Å². The third-order valence-corrected chi connectivity index (χ3v) is 3.48. The second kappa shape index (κ2) is 7.99. The molecule has 0 saturated carbocycles. The number of nitrogens with one attached hydrogen (secondary N) is 1. The van der Waals surface area contributed by atoms with Crippen LogP contribution in [0.15, 0.2) is 0 Å². The minimum absolute atomic E-state index is 0.0168. The number of nitrogens with two attached hydrogens (primary N) is 1. The summed E-state index contributed by atoms with van der Waals surface area (Å²) >= 11 is 1.72. The van der Waals surface area contributed by atoms with Crippen LogP contribution in [0, 0.1) is 5.92 Å². The van der Waals surface area contributed by atoms with E-state index < -0.39 is 0 Å². The first-order valence-corrected chi connectivity index (χ1v) is 6.97. The van der Waals surface area contributed by atoms with Crippen molar-refractivity contribution in [3.8, 4) is 0 Å². The number of hydrogen-bond donors (Lipinski definition) is 2. The van der Waals surface area contributed by atoms with E-state index in [1.165, 1.54) is 0 Å². The summed E-state index contributed by atoms with van der Waals surface area (Å²) in [6, 6.07) is -0.146. The first kappa shape index (κ1) is 14.8.